The molecule has 0 spiro atoms. The van der Waals surface area contributed by atoms with Crippen LogP contribution < -0.4 is 20.3 Å². The molecule has 0 bridgehead atoms. The van der Waals surface area contributed by atoms with Gasteiger partial charge in [0.2, 0.25) is 5.91 Å². The normalized spacial score (nSPS) is 10.4. The summed E-state index contributed by atoms with van der Waals surface area (Å²) in [5.74, 6) is 1.23. The van der Waals surface area contributed by atoms with Crippen LogP contribution in [0.5, 0.6) is 11.5 Å². The van der Waals surface area contributed by atoms with E-state index in [0.29, 0.717) is 18.8 Å². The summed E-state index contributed by atoms with van der Waals surface area (Å²) in [4.78, 5) is 24.4. The van der Waals surface area contributed by atoms with Crippen LogP contribution in [-0.2, 0) is 17.9 Å². The van der Waals surface area contributed by atoms with E-state index in [0.717, 1.165) is 27.3 Å². The Bertz CT molecular complexity index is 1010. The minimum Gasteiger partial charge on any atom is -0.497 e. The number of amides is 1. The number of rotatable bonds is 8. The van der Waals surface area contributed by atoms with Gasteiger partial charge in [0.15, 0.2) is 0 Å². The lowest BCUT2D eigenvalue weighted by Crippen LogP contribution is -2.33. The first kappa shape index (κ1) is 20.1. The van der Waals surface area contributed by atoms with Gasteiger partial charge in [0.1, 0.15) is 18.0 Å². The third kappa shape index (κ3) is 5.44. The van der Waals surface area contributed by atoms with Crippen LogP contribution in [0.2, 0.25) is 0 Å². The molecule has 1 heterocycles. The molecule has 0 saturated carbocycles. The van der Waals surface area contributed by atoms with Crippen LogP contribution >= 0.6 is 0 Å². The number of nitrogens with zero attached hydrogens (tertiary/aromatic N) is 2. The summed E-state index contributed by atoms with van der Waals surface area (Å²) in [7, 11) is 1.60. The molecule has 0 fully saturated rings. The summed E-state index contributed by atoms with van der Waals surface area (Å²) in [5.41, 5.74) is 2.04. The smallest absolute Gasteiger partial charge is 0.267 e. The Labute approximate surface area is 168 Å². The lowest BCUT2D eigenvalue weighted by molar-refractivity contribution is -0.122. The van der Waals surface area contributed by atoms with Crippen molar-refractivity contribution in [2.24, 2.45) is 0 Å². The molecule has 0 aliphatic heterocycles. The Balaban J connectivity index is 1.65. The predicted molar refractivity (Wildman–Crippen MR) is 110 cm³/mol. The van der Waals surface area contributed by atoms with Gasteiger partial charge in [0.25, 0.3) is 5.56 Å². The number of nitrogens with one attached hydrogen (secondary N) is 1. The number of carbonyl (C=O) groups excluding carboxylic acids is 1. The van der Waals surface area contributed by atoms with Crippen molar-refractivity contribution in [2.75, 3.05) is 13.7 Å². The molecule has 1 amide bonds. The SMILES string of the molecule is CCOc1ccc(-c2ccc(=O)n(CC(=O)NCc3ccc(OC)cc3)n2)cc1. The number of hydrogen-bond donors (Lipinski definition) is 1. The molecule has 0 aliphatic rings. The molecule has 150 valence electrons. The molecule has 0 saturated heterocycles. The highest BCUT2D eigenvalue weighted by molar-refractivity contribution is 5.75. The van der Waals surface area contributed by atoms with Crippen molar-refractivity contribution in [3.63, 3.8) is 0 Å². The highest BCUT2D eigenvalue weighted by atomic mass is 16.5. The quantitative estimate of drug-likeness (QED) is 0.636. The first-order valence-corrected chi connectivity index (χ1v) is 9.30. The third-order valence-electron chi connectivity index (χ3n) is 4.27. The average molecular weight is 393 g/mol. The van der Waals surface area contributed by atoms with Gasteiger partial charge in [-0.05, 0) is 55.0 Å². The maximum atomic E-state index is 12.3. The Morgan fingerprint density at radius 1 is 1.00 bits per heavy atom. The van der Waals surface area contributed by atoms with E-state index in [9.17, 15) is 9.59 Å². The molecule has 1 aromatic heterocycles. The molecule has 0 aliphatic carbocycles. The minimum atomic E-state index is -0.334. The van der Waals surface area contributed by atoms with Gasteiger partial charge < -0.3 is 14.8 Å². The second-order valence-electron chi connectivity index (χ2n) is 6.30. The van der Waals surface area contributed by atoms with Crippen molar-refractivity contribution in [3.05, 3.63) is 76.6 Å². The number of methoxy groups -OCH3 is 1. The van der Waals surface area contributed by atoms with Crippen LogP contribution in [0.15, 0.2) is 65.5 Å². The summed E-state index contributed by atoms with van der Waals surface area (Å²) in [5, 5.41) is 7.12. The molecule has 7 nitrogen and oxygen atoms in total. The number of aromatic nitrogens is 2. The number of carbonyl (C=O) groups is 1. The third-order valence-corrected chi connectivity index (χ3v) is 4.27. The Hall–Kier alpha value is -3.61. The summed E-state index contributed by atoms with van der Waals surface area (Å²) in [6.07, 6.45) is 0. The maximum absolute atomic E-state index is 12.3. The van der Waals surface area contributed by atoms with E-state index < -0.39 is 0 Å². The second-order valence-corrected chi connectivity index (χ2v) is 6.30. The molecule has 0 radical (unpaired) electrons. The summed E-state index contributed by atoms with van der Waals surface area (Å²) in [6, 6.07) is 17.9. The van der Waals surface area contributed by atoms with Crippen molar-refractivity contribution < 1.29 is 14.3 Å². The standard InChI is InChI=1S/C22H23N3O4/c1-3-29-19-10-6-17(7-11-19)20-12-13-22(27)25(24-20)15-21(26)23-14-16-4-8-18(28-2)9-5-16/h4-13H,3,14-15H2,1-2H3,(H,23,26). The Morgan fingerprint density at radius 3 is 2.34 bits per heavy atom. The van der Waals surface area contributed by atoms with Gasteiger partial charge in [0.05, 0.1) is 19.4 Å². The molecule has 29 heavy (non-hydrogen) atoms. The van der Waals surface area contributed by atoms with E-state index in [4.69, 9.17) is 9.47 Å². The zero-order chi connectivity index (χ0) is 20.6. The number of ether oxygens (including phenoxy) is 2. The van der Waals surface area contributed by atoms with Crippen LogP contribution in [0.25, 0.3) is 11.3 Å². The predicted octanol–water partition coefficient (Wildman–Crippen LogP) is 2.63. The fourth-order valence-corrected chi connectivity index (χ4v) is 2.74. The lowest BCUT2D eigenvalue weighted by atomic mass is 10.1. The zero-order valence-corrected chi connectivity index (χ0v) is 16.4. The van der Waals surface area contributed by atoms with E-state index in [1.54, 1.807) is 13.2 Å². The fourth-order valence-electron chi connectivity index (χ4n) is 2.74. The van der Waals surface area contributed by atoms with Crippen molar-refractivity contribution >= 4 is 5.91 Å². The van der Waals surface area contributed by atoms with E-state index in [-0.39, 0.29) is 18.0 Å². The molecule has 0 unspecified atom stereocenters. The molecule has 0 atom stereocenters. The van der Waals surface area contributed by atoms with Crippen molar-refractivity contribution in [1.29, 1.82) is 0 Å². The summed E-state index contributed by atoms with van der Waals surface area (Å²) < 4.78 is 11.7. The first-order valence-electron chi connectivity index (χ1n) is 9.30. The molecule has 2 aromatic carbocycles. The van der Waals surface area contributed by atoms with Crippen LogP contribution in [0, 0.1) is 0 Å². The molecule has 3 rings (SSSR count). The highest BCUT2D eigenvalue weighted by Crippen LogP contribution is 2.19. The van der Waals surface area contributed by atoms with Gasteiger partial charge in [-0.25, -0.2) is 4.68 Å². The van der Waals surface area contributed by atoms with Crippen LogP contribution in [0.1, 0.15) is 12.5 Å². The molecule has 7 heteroatoms. The number of hydrogen-bond acceptors (Lipinski definition) is 5. The Kier molecular flexibility index (Phi) is 6.63. The largest absolute Gasteiger partial charge is 0.497 e. The van der Waals surface area contributed by atoms with E-state index in [1.165, 1.54) is 6.07 Å². The average Bonchev–Trinajstić information content (AvgIpc) is 2.75. The van der Waals surface area contributed by atoms with Crippen LogP contribution in [-0.4, -0.2) is 29.4 Å². The summed E-state index contributed by atoms with van der Waals surface area (Å²) >= 11 is 0. The Morgan fingerprint density at radius 2 is 1.69 bits per heavy atom. The zero-order valence-electron chi connectivity index (χ0n) is 16.4. The number of benzene rings is 2. The first-order chi connectivity index (χ1) is 14.1. The van der Waals surface area contributed by atoms with E-state index >= 15 is 0 Å². The minimum absolute atomic E-state index is 0.153. The molecular formula is C22H23N3O4. The monoisotopic (exact) mass is 393 g/mol. The van der Waals surface area contributed by atoms with Crippen molar-refractivity contribution in [2.45, 2.75) is 20.0 Å². The van der Waals surface area contributed by atoms with E-state index in [1.807, 2.05) is 55.5 Å². The lowest BCUT2D eigenvalue weighted by Gasteiger charge is -2.09. The van der Waals surface area contributed by atoms with Crippen molar-refractivity contribution in [3.8, 4) is 22.8 Å². The molecule has 1 N–H and O–H groups in total. The van der Waals surface area contributed by atoms with Gasteiger partial charge in [-0.3, -0.25) is 9.59 Å². The van der Waals surface area contributed by atoms with Gasteiger partial charge in [0, 0.05) is 18.2 Å². The molecular weight excluding hydrogens is 370 g/mol. The van der Waals surface area contributed by atoms with Crippen LogP contribution in [0.3, 0.4) is 0 Å². The highest BCUT2D eigenvalue weighted by Gasteiger charge is 2.08. The van der Waals surface area contributed by atoms with Gasteiger partial charge in [-0.2, -0.15) is 5.10 Å². The van der Waals surface area contributed by atoms with Gasteiger partial charge in [-0.15, -0.1) is 0 Å². The van der Waals surface area contributed by atoms with Crippen molar-refractivity contribution in [1.82, 2.24) is 15.1 Å². The van der Waals surface area contributed by atoms with E-state index in [2.05, 4.69) is 10.4 Å². The van der Waals surface area contributed by atoms with Gasteiger partial charge in [-0.1, -0.05) is 12.1 Å². The second kappa shape index (κ2) is 9.54. The topological polar surface area (TPSA) is 82.5 Å². The molecule has 3 aromatic rings. The van der Waals surface area contributed by atoms with Crippen LogP contribution in [0.4, 0.5) is 0 Å². The van der Waals surface area contributed by atoms with Gasteiger partial charge >= 0.3 is 0 Å². The summed E-state index contributed by atoms with van der Waals surface area (Å²) in [6.45, 7) is 2.72. The fraction of sp³-hybridized carbons (Fsp3) is 0.227. The maximum Gasteiger partial charge on any atom is 0.267 e.